The standard InChI is InChI=1S/C7H10N2O4/c1-8-5(4-9(12)13)2-3-6(8)7(10)11/h4,6H,2-3H2,1H3,(H,10,11). The van der Waals surface area contributed by atoms with Crippen molar-refractivity contribution in [1.82, 2.24) is 4.90 Å². The largest absolute Gasteiger partial charge is 0.480 e. The molecule has 0 saturated carbocycles. The molecule has 1 rings (SSSR count). The van der Waals surface area contributed by atoms with Gasteiger partial charge in [-0.1, -0.05) is 0 Å². The summed E-state index contributed by atoms with van der Waals surface area (Å²) in [6.07, 6.45) is 1.75. The normalized spacial score (nSPS) is 25.2. The van der Waals surface area contributed by atoms with E-state index in [0.717, 1.165) is 6.20 Å². The molecule has 1 N–H and O–H groups in total. The first-order valence-corrected chi connectivity index (χ1v) is 3.82. The summed E-state index contributed by atoms with van der Waals surface area (Å²) >= 11 is 0. The van der Waals surface area contributed by atoms with Gasteiger partial charge in [-0.05, 0) is 12.8 Å². The van der Waals surface area contributed by atoms with Crippen LogP contribution in [0.1, 0.15) is 12.8 Å². The van der Waals surface area contributed by atoms with Crippen molar-refractivity contribution < 1.29 is 14.8 Å². The van der Waals surface area contributed by atoms with E-state index in [1.807, 2.05) is 0 Å². The Balaban J connectivity index is 2.76. The summed E-state index contributed by atoms with van der Waals surface area (Å²) in [6, 6.07) is -0.619. The molecule has 0 bridgehead atoms. The van der Waals surface area contributed by atoms with E-state index < -0.39 is 16.9 Å². The SMILES string of the molecule is CN1C(=C[N+](=O)[O-])CCC1C(=O)O. The molecule has 0 aliphatic carbocycles. The van der Waals surface area contributed by atoms with E-state index in [1.54, 1.807) is 7.05 Å². The Hall–Kier alpha value is -1.59. The fourth-order valence-corrected chi connectivity index (χ4v) is 1.42. The number of likely N-dealkylation sites (N-methyl/N-ethyl adjacent to an activating group) is 1. The fourth-order valence-electron chi connectivity index (χ4n) is 1.42. The molecule has 6 nitrogen and oxygen atoms in total. The van der Waals surface area contributed by atoms with Crippen LogP contribution in [0.3, 0.4) is 0 Å². The highest BCUT2D eigenvalue weighted by Gasteiger charge is 2.32. The Kier molecular flexibility index (Phi) is 2.50. The van der Waals surface area contributed by atoms with E-state index >= 15 is 0 Å². The predicted octanol–water partition coefficient (Wildman–Crippen LogP) is 0.283. The van der Waals surface area contributed by atoms with Gasteiger partial charge in [0.1, 0.15) is 6.04 Å². The van der Waals surface area contributed by atoms with Gasteiger partial charge in [-0.25, -0.2) is 4.79 Å². The van der Waals surface area contributed by atoms with Crippen molar-refractivity contribution in [3.8, 4) is 0 Å². The van der Waals surface area contributed by atoms with Gasteiger partial charge in [0.05, 0.1) is 10.6 Å². The first-order valence-electron chi connectivity index (χ1n) is 3.82. The van der Waals surface area contributed by atoms with E-state index in [0.29, 0.717) is 18.5 Å². The Morgan fingerprint density at radius 3 is 2.85 bits per heavy atom. The van der Waals surface area contributed by atoms with Crippen LogP contribution >= 0.6 is 0 Å². The molecule has 1 unspecified atom stereocenters. The van der Waals surface area contributed by atoms with Crippen molar-refractivity contribution in [2.45, 2.75) is 18.9 Å². The first-order chi connectivity index (χ1) is 6.02. The molecule has 0 radical (unpaired) electrons. The second kappa shape index (κ2) is 3.42. The molecule has 1 fully saturated rings. The molecule has 13 heavy (non-hydrogen) atoms. The molecule has 1 atom stereocenters. The number of allylic oxidation sites excluding steroid dienone is 1. The minimum absolute atomic E-state index is 0.436. The van der Waals surface area contributed by atoms with Gasteiger partial charge in [-0.3, -0.25) is 10.1 Å². The average molecular weight is 186 g/mol. The van der Waals surface area contributed by atoms with Crippen molar-refractivity contribution in [3.63, 3.8) is 0 Å². The zero-order chi connectivity index (χ0) is 10.0. The third-order valence-corrected chi connectivity index (χ3v) is 2.13. The summed E-state index contributed by atoms with van der Waals surface area (Å²) < 4.78 is 0. The molecule has 0 aromatic rings. The molecule has 0 aromatic carbocycles. The molecule has 1 heterocycles. The van der Waals surface area contributed by atoms with Crippen molar-refractivity contribution >= 4 is 5.97 Å². The smallest absolute Gasteiger partial charge is 0.326 e. The Morgan fingerprint density at radius 2 is 2.46 bits per heavy atom. The zero-order valence-electron chi connectivity index (χ0n) is 7.14. The Labute approximate surface area is 74.6 Å². The summed E-state index contributed by atoms with van der Waals surface area (Å²) in [5, 5.41) is 18.8. The molecule has 0 amide bonds. The van der Waals surface area contributed by atoms with Gasteiger partial charge in [0.25, 0.3) is 6.20 Å². The van der Waals surface area contributed by atoms with Gasteiger partial charge in [0.15, 0.2) is 0 Å². The van der Waals surface area contributed by atoms with E-state index in [4.69, 9.17) is 5.11 Å². The zero-order valence-corrected chi connectivity index (χ0v) is 7.14. The molecule has 1 saturated heterocycles. The van der Waals surface area contributed by atoms with Gasteiger partial charge >= 0.3 is 5.97 Å². The van der Waals surface area contributed by atoms with Crippen LogP contribution in [0.2, 0.25) is 0 Å². The lowest BCUT2D eigenvalue weighted by Gasteiger charge is -2.17. The molecular formula is C7H10N2O4. The van der Waals surface area contributed by atoms with Crippen LogP contribution in [0.4, 0.5) is 0 Å². The summed E-state index contributed by atoms with van der Waals surface area (Å²) in [4.78, 5) is 21.6. The van der Waals surface area contributed by atoms with Crippen LogP contribution in [0, 0.1) is 10.1 Å². The minimum Gasteiger partial charge on any atom is -0.480 e. The second-order valence-corrected chi connectivity index (χ2v) is 2.91. The number of likely N-dealkylation sites (tertiary alicyclic amines) is 1. The number of nitro groups is 1. The van der Waals surface area contributed by atoms with Gasteiger partial charge < -0.3 is 10.0 Å². The fraction of sp³-hybridized carbons (Fsp3) is 0.571. The van der Waals surface area contributed by atoms with E-state index in [9.17, 15) is 14.9 Å². The number of hydrogen-bond acceptors (Lipinski definition) is 4. The molecular weight excluding hydrogens is 176 g/mol. The topological polar surface area (TPSA) is 83.7 Å². The maximum absolute atomic E-state index is 10.6. The van der Waals surface area contributed by atoms with E-state index in [1.165, 1.54) is 4.90 Å². The predicted molar refractivity (Wildman–Crippen MR) is 43.5 cm³/mol. The van der Waals surface area contributed by atoms with Crippen molar-refractivity contribution in [3.05, 3.63) is 22.0 Å². The molecule has 1 aliphatic rings. The van der Waals surface area contributed by atoms with Gasteiger partial charge in [-0.15, -0.1) is 0 Å². The lowest BCUT2D eigenvalue weighted by molar-refractivity contribution is -0.404. The summed E-state index contributed by atoms with van der Waals surface area (Å²) in [6.45, 7) is 0. The minimum atomic E-state index is -0.936. The average Bonchev–Trinajstić information content (AvgIpc) is 2.32. The highest BCUT2D eigenvalue weighted by Crippen LogP contribution is 2.25. The molecule has 0 spiro atoms. The molecule has 6 heteroatoms. The van der Waals surface area contributed by atoms with E-state index in [2.05, 4.69) is 0 Å². The van der Waals surface area contributed by atoms with Crippen LogP contribution in [0.25, 0.3) is 0 Å². The number of carboxylic acid groups (broad SMARTS) is 1. The van der Waals surface area contributed by atoms with Gasteiger partial charge in [0, 0.05) is 7.05 Å². The highest BCUT2D eigenvalue weighted by atomic mass is 16.6. The molecule has 72 valence electrons. The molecule has 1 aliphatic heterocycles. The van der Waals surface area contributed by atoms with Crippen molar-refractivity contribution in [1.29, 1.82) is 0 Å². The van der Waals surface area contributed by atoms with Crippen LogP contribution < -0.4 is 0 Å². The third-order valence-electron chi connectivity index (χ3n) is 2.13. The molecule has 0 aromatic heterocycles. The summed E-state index contributed by atoms with van der Waals surface area (Å²) in [5.74, 6) is -0.936. The lowest BCUT2D eigenvalue weighted by Crippen LogP contribution is -2.31. The number of hydrogen-bond donors (Lipinski definition) is 1. The van der Waals surface area contributed by atoms with Gasteiger partial charge in [-0.2, -0.15) is 0 Å². The lowest BCUT2D eigenvalue weighted by atomic mass is 10.2. The second-order valence-electron chi connectivity index (χ2n) is 2.91. The van der Waals surface area contributed by atoms with Crippen LogP contribution in [-0.2, 0) is 4.79 Å². The Morgan fingerprint density at radius 1 is 1.85 bits per heavy atom. The first kappa shape index (κ1) is 9.50. The number of nitrogens with zero attached hydrogens (tertiary/aromatic N) is 2. The Bertz CT molecular complexity index is 274. The maximum Gasteiger partial charge on any atom is 0.326 e. The van der Waals surface area contributed by atoms with E-state index in [-0.39, 0.29) is 0 Å². The third kappa shape index (κ3) is 1.95. The highest BCUT2D eigenvalue weighted by molar-refractivity contribution is 5.74. The van der Waals surface area contributed by atoms with Crippen molar-refractivity contribution in [2.24, 2.45) is 0 Å². The van der Waals surface area contributed by atoms with Crippen molar-refractivity contribution in [2.75, 3.05) is 7.05 Å². The number of aliphatic carboxylic acids is 1. The quantitative estimate of drug-likeness (QED) is 0.494. The monoisotopic (exact) mass is 186 g/mol. The van der Waals surface area contributed by atoms with Crippen LogP contribution in [0.5, 0.6) is 0 Å². The maximum atomic E-state index is 10.6. The summed E-state index contributed by atoms with van der Waals surface area (Å²) in [7, 11) is 1.56. The number of carbonyl (C=O) groups is 1. The van der Waals surface area contributed by atoms with Crippen LogP contribution in [0.15, 0.2) is 11.9 Å². The van der Waals surface area contributed by atoms with Crippen LogP contribution in [-0.4, -0.2) is 34.0 Å². The summed E-state index contributed by atoms with van der Waals surface area (Å²) in [5.41, 5.74) is 0.470. The van der Waals surface area contributed by atoms with Gasteiger partial charge in [0.2, 0.25) is 0 Å². The number of rotatable bonds is 2. The number of carboxylic acids is 1.